The Morgan fingerprint density at radius 1 is 1.43 bits per heavy atom. The highest BCUT2D eigenvalue weighted by molar-refractivity contribution is 4.89. The first-order valence-corrected chi connectivity index (χ1v) is 4.97. The fourth-order valence-electron chi connectivity index (χ4n) is 1.82. The second-order valence-electron chi connectivity index (χ2n) is 3.74. The molecule has 76 valence electrons. The molecule has 1 N–H and O–H groups in total. The molecular weight excluding hydrogens is 178 g/mol. The molecule has 1 aliphatic rings. The fraction of sp³-hybridized carbons (Fsp3) is 0.600. The third kappa shape index (κ3) is 2.27. The molecule has 0 aromatic carbocycles. The molecular formula is C10H15N3O. The van der Waals surface area contributed by atoms with Crippen molar-refractivity contribution in [2.45, 2.75) is 13.0 Å². The second kappa shape index (κ2) is 4.48. The quantitative estimate of drug-likeness (QED) is 0.749. The highest BCUT2D eigenvalue weighted by atomic mass is 16.3. The van der Waals surface area contributed by atoms with Crippen molar-refractivity contribution in [3.05, 3.63) is 24.3 Å². The Bertz CT molecular complexity index is 278. The molecule has 1 saturated heterocycles. The minimum atomic E-state index is 0.298. The molecule has 0 amide bonds. The zero-order chi connectivity index (χ0) is 9.80. The maximum absolute atomic E-state index is 8.99. The van der Waals surface area contributed by atoms with Crippen LogP contribution in [0.4, 0.5) is 0 Å². The van der Waals surface area contributed by atoms with Crippen LogP contribution >= 0.6 is 0 Å². The fourth-order valence-corrected chi connectivity index (χ4v) is 1.82. The van der Waals surface area contributed by atoms with Gasteiger partial charge in [0.2, 0.25) is 0 Å². The molecule has 0 spiro atoms. The molecule has 2 heterocycles. The van der Waals surface area contributed by atoms with E-state index in [0.29, 0.717) is 12.5 Å². The highest BCUT2D eigenvalue weighted by Gasteiger charge is 2.21. The van der Waals surface area contributed by atoms with Gasteiger partial charge in [-0.05, 0) is 24.9 Å². The van der Waals surface area contributed by atoms with Gasteiger partial charge >= 0.3 is 0 Å². The van der Waals surface area contributed by atoms with Crippen LogP contribution < -0.4 is 0 Å². The minimum absolute atomic E-state index is 0.298. The molecule has 0 saturated carbocycles. The van der Waals surface area contributed by atoms with Crippen molar-refractivity contribution in [1.82, 2.24) is 14.9 Å². The summed E-state index contributed by atoms with van der Waals surface area (Å²) in [5.41, 5.74) is 0. The Balaban J connectivity index is 1.88. The van der Waals surface area contributed by atoms with Gasteiger partial charge in [0.1, 0.15) is 5.82 Å². The average Bonchev–Trinajstić information content (AvgIpc) is 2.67. The van der Waals surface area contributed by atoms with Crippen molar-refractivity contribution in [1.29, 1.82) is 0 Å². The van der Waals surface area contributed by atoms with Crippen molar-refractivity contribution in [2.24, 2.45) is 5.92 Å². The number of aliphatic hydroxyl groups excluding tert-OH is 1. The molecule has 1 aliphatic heterocycles. The minimum Gasteiger partial charge on any atom is -0.396 e. The van der Waals surface area contributed by atoms with Gasteiger partial charge in [-0.3, -0.25) is 4.90 Å². The number of rotatable bonds is 3. The maximum atomic E-state index is 8.99. The molecule has 1 aromatic heterocycles. The van der Waals surface area contributed by atoms with E-state index >= 15 is 0 Å². The van der Waals surface area contributed by atoms with Crippen LogP contribution in [0, 0.1) is 5.92 Å². The molecule has 0 bridgehead atoms. The monoisotopic (exact) mass is 193 g/mol. The van der Waals surface area contributed by atoms with Crippen LogP contribution in [0.5, 0.6) is 0 Å². The van der Waals surface area contributed by atoms with Gasteiger partial charge in [0.15, 0.2) is 0 Å². The maximum Gasteiger partial charge on any atom is 0.142 e. The van der Waals surface area contributed by atoms with Gasteiger partial charge in [-0.1, -0.05) is 0 Å². The van der Waals surface area contributed by atoms with Gasteiger partial charge in [0, 0.05) is 25.5 Å². The summed E-state index contributed by atoms with van der Waals surface area (Å²) in [6, 6.07) is 1.82. The molecule has 14 heavy (non-hydrogen) atoms. The Labute approximate surface area is 83.6 Å². The normalized spacial score (nSPS) is 22.8. The molecule has 1 fully saturated rings. The van der Waals surface area contributed by atoms with Gasteiger partial charge in [0.05, 0.1) is 6.54 Å². The van der Waals surface area contributed by atoms with E-state index < -0.39 is 0 Å². The zero-order valence-corrected chi connectivity index (χ0v) is 8.13. The van der Waals surface area contributed by atoms with Gasteiger partial charge in [0.25, 0.3) is 0 Å². The van der Waals surface area contributed by atoms with E-state index in [0.717, 1.165) is 31.9 Å². The van der Waals surface area contributed by atoms with Crippen LogP contribution in [0.25, 0.3) is 0 Å². The zero-order valence-electron chi connectivity index (χ0n) is 8.13. The largest absolute Gasteiger partial charge is 0.396 e. The number of hydrogen-bond acceptors (Lipinski definition) is 4. The smallest absolute Gasteiger partial charge is 0.142 e. The van der Waals surface area contributed by atoms with Crippen LogP contribution in [0.15, 0.2) is 18.5 Å². The third-order valence-electron chi connectivity index (χ3n) is 2.61. The van der Waals surface area contributed by atoms with E-state index in [1.807, 2.05) is 6.07 Å². The first kappa shape index (κ1) is 9.55. The molecule has 1 aromatic rings. The van der Waals surface area contributed by atoms with E-state index in [1.54, 1.807) is 12.4 Å². The topological polar surface area (TPSA) is 49.2 Å². The SMILES string of the molecule is OCC1CCN(Cc2ncccn2)C1. The van der Waals surface area contributed by atoms with Gasteiger partial charge in [-0.25, -0.2) is 9.97 Å². The predicted octanol–water partition coefficient (Wildman–Crippen LogP) is 0.291. The van der Waals surface area contributed by atoms with Crippen LogP contribution in [0.3, 0.4) is 0 Å². The summed E-state index contributed by atoms with van der Waals surface area (Å²) < 4.78 is 0. The molecule has 4 nitrogen and oxygen atoms in total. The first-order valence-electron chi connectivity index (χ1n) is 4.97. The third-order valence-corrected chi connectivity index (χ3v) is 2.61. The van der Waals surface area contributed by atoms with Gasteiger partial charge < -0.3 is 5.11 Å². The Hall–Kier alpha value is -1.00. The number of aliphatic hydroxyl groups is 1. The average molecular weight is 193 g/mol. The molecule has 1 unspecified atom stereocenters. The summed E-state index contributed by atoms with van der Waals surface area (Å²) in [6.07, 6.45) is 4.62. The molecule has 0 radical (unpaired) electrons. The number of nitrogens with zero attached hydrogens (tertiary/aromatic N) is 3. The van der Waals surface area contributed by atoms with E-state index in [9.17, 15) is 0 Å². The Morgan fingerprint density at radius 3 is 2.86 bits per heavy atom. The van der Waals surface area contributed by atoms with Crippen molar-refractivity contribution in [3.63, 3.8) is 0 Å². The summed E-state index contributed by atoms with van der Waals surface area (Å²) in [5.74, 6) is 1.31. The van der Waals surface area contributed by atoms with E-state index in [1.165, 1.54) is 0 Å². The summed E-state index contributed by atoms with van der Waals surface area (Å²) in [4.78, 5) is 10.6. The molecule has 2 rings (SSSR count). The predicted molar refractivity (Wildman–Crippen MR) is 52.5 cm³/mol. The van der Waals surface area contributed by atoms with Crippen molar-refractivity contribution in [3.8, 4) is 0 Å². The Morgan fingerprint density at radius 2 is 2.21 bits per heavy atom. The van der Waals surface area contributed by atoms with Gasteiger partial charge in [-0.15, -0.1) is 0 Å². The lowest BCUT2D eigenvalue weighted by atomic mass is 10.1. The Kier molecular flexibility index (Phi) is 3.06. The lowest BCUT2D eigenvalue weighted by Gasteiger charge is -2.13. The van der Waals surface area contributed by atoms with Crippen molar-refractivity contribution >= 4 is 0 Å². The number of likely N-dealkylation sites (tertiary alicyclic amines) is 1. The van der Waals surface area contributed by atoms with Crippen LogP contribution in [0.1, 0.15) is 12.2 Å². The molecule has 0 aliphatic carbocycles. The summed E-state index contributed by atoms with van der Waals surface area (Å²) >= 11 is 0. The van der Waals surface area contributed by atoms with E-state index in [2.05, 4.69) is 14.9 Å². The second-order valence-corrected chi connectivity index (χ2v) is 3.74. The summed E-state index contributed by atoms with van der Waals surface area (Å²) in [5, 5.41) is 8.99. The molecule has 4 heteroatoms. The standard InChI is InChI=1S/C10H15N3O/c14-8-9-2-5-13(6-9)7-10-11-3-1-4-12-10/h1,3-4,9,14H,2,5-8H2. The lowest BCUT2D eigenvalue weighted by molar-refractivity contribution is 0.219. The van der Waals surface area contributed by atoms with Crippen LogP contribution in [-0.2, 0) is 6.54 Å². The molecule has 1 atom stereocenters. The first-order chi connectivity index (χ1) is 6.88. The summed E-state index contributed by atoms with van der Waals surface area (Å²) in [6.45, 7) is 3.11. The highest BCUT2D eigenvalue weighted by Crippen LogP contribution is 2.16. The number of hydrogen-bond donors (Lipinski definition) is 1. The summed E-state index contributed by atoms with van der Waals surface area (Å²) in [7, 11) is 0. The number of aromatic nitrogens is 2. The lowest BCUT2D eigenvalue weighted by Crippen LogP contribution is -2.22. The van der Waals surface area contributed by atoms with Crippen molar-refractivity contribution in [2.75, 3.05) is 19.7 Å². The van der Waals surface area contributed by atoms with Crippen LogP contribution in [0.2, 0.25) is 0 Å². The van der Waals surface area contributed by atoms with Crippen molar-refractivity contribution < 1.29 is 5.11 Å². The van der Waals surface area contributed by atoms with Gasteiger partial charge in [-0.2, -0.15) is 0 Å². The van der Waals surface area contributed by atoms with E-state index in [4.69, 9.17) is 5.11 Å². The van der Waals surface area contributed by atoms with E-state index in [-0.39, 0.29) is 0 Å². The van der Waals surface area contributed by atoms with Crippen LogP contribution in [-0.4, -0.2) is 39.7 Å².